The molecule has 1 fully saturated rings. The number of amides is 1. The molecule has 3 rings (SSSR count). The molecule has 1 aliphatic rings. The van der Waals surface area contributed by atoms with Crippen LogP contribution in [0.4, 0.5) is 0 Å². The molecule has 1 aliphatic heterocycles. The van der Waals surface area contributed by atoms with E-state index in [2.05, 4.69) is 34.9 Å². The van der Waals surface area contributed by atoms with Crippen LogP contribution in [0.2, 0.25) is 0 Å². The Morgan fingerprint density at radius 2 is 1.85 bits per heavy atom. The van der Waals surface area contributed by atoms with Crippen LogP contribution >= 0.6 is 12.4 Å². The van der Waals surface area contributed by atoms with Crippen LogP contribution in [-0.2, 0) is 17.8 Å². The second-order valence-corrected chi connectivity index (χ2v) is 6.50. The van der Waals surface area contributed by atoms with Gasteiger partial charge >= 0.3 is 0 Å². The van der Waals surface area contributed by atoms with Crippen LogP contribution in [0.1, 0.15) is 24.0 Å². The average molecular weight is 375 g/mol. The molecule has 1 amide bonds. The zero-order valence-electron chi connectivity index (χ0n) is 14.9. The number of nitrogens with one attached hydrogen (secondary N) is 2. The summed E-state index contributed by atoms with van der Waals surface area (Å²) in [5, 5.41) is 6.33. The molecule has 0 spiro atoms. The van der Waals surface area contributed by atoms with E-state index in [-0.39, 0.29) is 24.2 Å². The third kappa shape index (κ3) is 6.36. The van der Waals surface area contributed by atoms with Crippen molar-refractivity contribution in [2.75, 3.05) is 19.6 Å². The predicted octanol–water partition coefficient (Wildman–Crippen LogP) is 3.35. The fourth-order valence-electron chi connectivity index (χ4n) is 3.04. The number of ether oxygens (including phenoxy) is 1. The topological polar surface area (TPSA) is 50.4 Å². The number of rotatable bonds is 7. The van der Waals surface area contributed by atoms with E-state index in [0.717, 1.165) is 43.7 Å². The molecule has 0 bridgehead atoms. The highest BCUT2D eigenvalue weighted by molar-refractivity contribution is 5.85. The van der Waals surface area contributed by atoms with Gasteiger partial charge in [0, 0.05) is 13.1 Å². The van der Waals surface area contributed by atoms with Crippen molar-refractivity contribution in [3.63, 3.8) is 0 Å². The Hall–Kier alpha value is -2.04. The molecule has 140 valence electrons. The van der Waals surface area contributed by atoms with Gasteiger partial charge in [0.2, 0.25) is 5.91 Å². The van der Waals surface area contributed by atoms with Crippen molar-refractivity contribution in [2.24, 2.45) is 5.92 Å². The van der Waals surface area contributed by atoms with E-state index < -0.39 is 0 Å². The highest BCUT2D eigenvalue weighted by Gasteiger charge is 2.20. The Morgan fingerprint density at radius 1 is 1.08 bits per heavy atom. The molecule has 0 radical (unpaired) electrons. The molecule has 2 aromatic rings. The van der Waals surface area contributed by atoms with Crippen LogP contribution in [0, 0.1) is 5.92 Å². The van der Waals surface area contributed by atoms with E-state index >= 15 is 0 Å². The minimum atomic E-state index is 0. The van der Waals surface area contributed by atoms with Gasteiger partial charge in [-0.15, -0.1) is 12.4 Å². The molecule has 2 aromatic carbocycles. The molecule has 1 saturated heterocycles. The number of hydrogen-bond donors (Lipinski definition) is 2. The van der Waals surface area contributed by atoms with Crippen LogP contribution in [0.5, 0.6) is 5.75 Å². The van der Waals surface area contributed by atoms with E-state index in [1.807, 2.05) is 30.3 Å². The Kier molecular flexibility index (Phi) is 8.45. The second-order valence-electron chi connectivity index (χ2n) is 6.50. The van der Waals surface area contributed by atoms with E-state index in [1.54, 1.807) is 0 Å². The smallest absolute Gasteiger partial charge is 0.224 e. The zero-order chi connectivity index (χ0) is 17.3. The van der Waals surface area contributed by atoms with Gasteiger partial charge in [0.1, 0.15) is 12.4 Å². The monoisotopic (exact) mass is 374 g/mol. The third-order valence-electron chi connectivity index (χ3n) is 4.55. The number of halogens is 1. The summed E-state index contributed by atoms with van der Waals surface area (Å²) in [5.74, 6) is 1.17. The normalized spacial score (nSPS) is 16.4. The van der Waals surface area contributed by atoms with Crippen molar-refractivity contribution in [3.8, 4) is 5.75 Å². The molecule has 0 saturated carbocycles. The van der Waals surface area contributed by atoms with Crippen molar-refractivity contribution < 1.29 is 9.53 Å². The van der Waals surface area contributed by atoms with E-state index in [9.17, 15) is 4.79 Å². The lowest BCUT2D eigenvalue weighted by Gasteiger charge is -2.21. The first-order valence-corrected chi connectivity index (χ1v) is 9.05. The summed E-state index contributed by atoms with van der Waals surface area (Å²) in [6.07, 6.45) is 2.92. The molecule has 26 heavy (non-hydrogen) atoms. The number of benzene rings is 2. The highest BCUT2D eigenvalue weighted by Crippen LogP contribution is 2.15. The average Bonchev–Trinajstić information content (AvgIpc) is 2.69. The third-order valence-corrected chi connectivity index (χ3v) is 4.55. The van der Waals surface area contributed by atoms with Gasteiger partial charge in [0.05, 0.1) is 5.92 Å². The first-order chi connectivity index (χ1) is 12.3. The van der Waals surface area contributed by atoms with Gasteiger partial charge in [0.15, 0.2) is 0 Å². The highest BCUT2D eigenvalue weighted by atomic mass is 35.5. The van der Waals surface area contributed by atoms with Crippen LogP contribution in [0.25, 0.3) is 0 Å². The summed E-state index contributed by atoms with van der Waals surface area (Å²) >= 11 is 0. The van der Waals surface area contributed by atoms with E-state index in [4.69, 9.17) is 4.74 Å². The van der Waals surface area contributed by atoms with Crippen molar-refractivity contribution in [1.29, 1.82) is 0 Å². The molecular weight excluding hydrogens is 348 g/mol. The van der Waals surface area contributed by atoms with Crippen molar-refractivity contribution in [3.05, 3.63) is 65.7 Å². The first-order valence-electron chi connectivity index (χ1n) is 9.05. The molecule has 2 N–H and O–H groups in total. The fraction of sp³-hybridized carbons (Fsp3) is 0.381. The molecule has 0 aromatic heterocycles. The summed E-state index contributed by atoms with van der Waals surface area (Å²) in [6.45, 7) is 3.09. The van der Waals surface area contributed by atoms with Crippen LogP contribution in [-0.4, -0.2) is 25.5 Å². The van der Waals surface area contributed by atoms with Crippen LogP contribution in [0.3, 0.4) is 0 Å². The minimum absolute atomic E-state index is 0. The standard InChI is InChI=1S/C21H26N2O2.ClH/c24-21(19-7-4-13-22-15-19)23-14-12-17-8-10-20(11-9-17)25-16-18-5-2-1-3-6-18;/h1-3,5-6,8-11,19,22H,4,7,12-16H2,(H,23,24);1H. The van der Waals surface area contributed by atoms with Gasteiger partial charge in [-0.2, -0.15) is 0 Å². The lowest BCUT2D eigenvalue weighted by Crippen LogP contribution is -2.41. The van der Waals surface area contributed by atoms with E-state index in [1.165, 1.54) is 5.56 Å². The fourth-order valence-corrected chi connectivity index (χ4v) is 3.04. The van der Waals surface area contributed by atoms with Crippen molar-refractivity contribution in [2.45, 2.75) is 25.9 Å². The van der Waals surface area contributed by atoms with Gasteiger partial charge in [-0.05, 0) is 49.1 Å². The SMILES string of the molecule is Cl.O=C(NCCc1ccc(OCc2ccccc2)cc1)C1CCCNC1. The Morgan fingerprint density at radius 3 is 2.54 bits per heavy atom. The van der Waals surface area contributed by atoms with Gasteiger partial charge < -0.3 is 15.4 Å². The molecule has 0 aliphatic carbocycles. The first kappa shape index (κ1) is 20.3. The van der Waals surface area contributed by atoms with Gasteiger partial charge in [-0.1, -0.05) is 42.5 Å². The number of carbonyl (C=O) groups is 1. The number of carbonyl (C=O) groups excluding carboxylic acids is 1. The summed E-state index contributed by atoms with van der Waals surface area (Å²) < 4.78 is 5.79. The van der Waals surface area contributed by atoms with E-state index in [0.29, 0.717) is 13.2 Å². The largest absolute Gasteiger partial charge is 0.489 e. The maximum atomic E-state index is 12.1. The molecule has 1 atom stereocenters. The predicted molar refractivity (Wildman–Crippen MR) is 107 cm³/mol. The molecular formula is C21H27ClN2O2. The summed E-state index contributed by atoms with van der Waals surface area (Å²) in [6, 6.07) is 18.2. The number of hydrogen-bond acceptors (Lipinski definition) is 3. The van der Waals surface area contributed by atoms with Gasteiger partial charge in [-0.3, -0.25) is 4.79 Å². The number of piperidine rings is 1. The molecule has 1 heterocycles. The summed E-state index contributed by atoms with van der Waals surface area (Å²) in [4.78, 5) is 12.1. The van der Waals surface area contributed by atoms with Crippen LogP contribution in [0.15, 0.2) is 54.6 Å². The molecule has 5 heteroatoms. The maximum Gasteiger partial charge on any atom is 0.224 e. The molecule has 1 unspecified atom stereocenters. The Balaban J connectivity index is 0.00000243. The summed E-state index contributed by atoms with van der Waals surface area (Å²) in [7, 11) is 0. The Bertz CT molecular complexity index is 655. The molecule has 4 nitrogen and oxygen atoms in total. The lowest BCUT2D eigenvalue weighted by atomic mass is 9.99. The Labute approximate surface area is 161 Å². The summed E-state index contributed by atoms with van der Waals surface area (Å²) in [5.41, 5.74) is 2.36. The van der Waals surface area contributed by atoms with Gasteiger partial charge in [0.25, 0.3) is 0 Å². The van der Waals surface area contributed by atoms with Crippen molar-refractivity contribution >= 4 is 18.3 Å². The minimum Gasteiger partial charge on any atom is -0.489 e. The van der Waals surface area contributed by atoms with Gasteiger partial charge in [-0.25, -0.2) is 0 Å². The van der Waals surface area contributed by atoms with Crippen molar-refractivity contribution in [1.82, 2.24) is 10.6 Å². The second kappa shape index (κ2) is 10.8. The van der Waals surface area contributed by atoms with Crippen LogP contribution < -0.4 is 15.4 Å². The zero-order valence-corrected chi connectivity index (χ0v) is 15.8. The maximum absolute atomic E-state index is 12.1. The lowest BCUT2D eigenvalue weighted by molar-refractivity contribution is -0.125. The quantitative estimate of drug-likeness (QED) is 0.781.